The number of pyridine rings is 1. The summed E-state index contributed by atoms with van der Waals surface area (Å²) in [7, 11) is 0. The number of ether oxygens (including phenoxy) is 4. The first-order chi connectivity index (χ1) is 29.3. The number of urea groups is 1. The number of hydrogen-bond donors (Lipinski definition) is 3. The Hall–Kier alpha value is -5.98. The molecule has 3 amide bonds. The average molecular weight is 866 g/mol. The largest absolute Gasteiger partial charge is 0.489 e. The Balaban J connectivity index is 0.954. The van der Waals surface area contributed by atoms with Gasteiger partial charge in [-0.05, 0) is 122 Å². The number of nitrogens with zero attached hydrogens (tertiary/aromatic N) is 2. The van der Waals surface area contributed by atoms with Crippen LogP contribution in [0.5, 0.6) is 28.7 Å². The van der Waals surface area contributed by atoms with Crippen molar-refractivity contribution in [3.05, 3.63) is 140 Å². The van der Waals surface area contributed by atoms with Gasteiger partial charge in [-0.2, -0.15) is 0 Å². The van der Waals surface area contributed by atoms with Crippen LogP contribution in [-0.2, 0) is 35.6 Å². The Bertz CT molecular complexity index is 2460. The summed E-state index contributed by atoms with van der Waals surface area (Å²) in [6.07, 6.45) is 4.12. The summed E-state index contributed by atoms with van der Waals surface area (Å²) >= 11 is 12.2. The van der Waals surface area contributed by atoms with E-state index in [9.17, 15) is 19.5 Å². The number of carbonyl (C=O) groups excluding carboxylic acids is 2. The van der Waals surface area contributed by atoms with E-state index in [1.165, 1.54) is 4.90 Å². The predicted octanol–water partition coefficient (Wildman–Crippen LogP) is 9.08. The molecule has 3 N–H and O–H groups in total. The molecule has 1 saturated carbocycles. The number of amides is 3. The zero-order chi connectivity index (χ0) is 42.8. The predicted molar refractivity (Wildman–Crippen MR) is 230 cm³/mol. The number of carbonyl (C=O) groups is 3. The van der Waals surface area contributed by atoms with Gasteiger partial charge in [0, 0.05) is 42.4 Å². The van der Waals surface area contributed by atoms with Crippen LogP contribution in [0, 0.1) is 13.8 Å². The first kappa shape index (κ1) is 41.7. The summed E-state index contributed by atoms with van der Waals surface area (Å²) < 4.78 is 24.7. The first-order valence-electron chi connectivity index (χ1n) is 20.2. The lowest BCUT2D eigenvalue weighted by molar-refractivity contribution is -0.142. The summed E-state index contributed by atoms with van der Waals surface area (Å²) in [5.41, 5.74) is 5.50. The molecule has 5 aromatic rings. The van der Waals surface area contributed by atoms with Crippen molar-refractivity contribution in [3.8, 4) is 28.7 Å². The molecule has 3 unspecified atom stereocenters. The van der Waals surface area contributed by atoms with E-state index < -0.39 is 30.1 Å². The summed E-state index contributed by atoms with van der Waals surface area (Å²) in [5.74, 6) is 1.24. The molecule has 61 heavy (non-hydrogen) atoms. The highest BCUT2D eigenvalue weighted by atomic mass is 35.5. The third kappa shape index (κ3) is 9.50. The molecule has 1 aliphatic carbocycles. The Kier molecular flexibility index (Phi) is 12.0. The van der Waals surface area contributed by atoms with Crippen LogP contribution in [-0.4, -0.2) is 57.1 Å². The molecule has 3 aliphatic rings. The molecule has 1 aromatic heterocycles. The lowest BCUT2D eigenvalue weighted by Gasteiger charge is -2.43. The number of benzene rings is 4. The van der Waals surface area contributed by atoms with Gasteiger partial charge in [-0.1, -0.05) is 53.5 Å². The number of carboxylic acids is 1. The quantitative estimate of drug-likeness (QED) is 0.112. The second-order valence-corrected chi connectivity index (χ2v) is 17.0. The van der Waals surface area contributed by atoms with Crippen LogP contribution in [0.1, 0.15) is 71.4 Å². The number of rotatable bonds is 12. The number of nitrogens with one attached hydrogen (secondary N) is 2. The monoisotopic (exact) mass is 864 g/mol. The van der Waals surface area contributed by atoms with Crippen molar-refractivity contribution in [3.63, 3.8) is 0 Å². The van der Waals surface area contributed by atoms with Crippen molar-refractivity contribution < 1.29 is 38.4 Å². The van der Waals surface area contributed by atoms with E-state index in [4.69, 9.17) is 42.1 Å². The van der Waals surface area contributed by atoms with Gasteiger partial charge in [0.05, 0.1) is 10.0 Å². The maximum absolute atomic E-state index is 14.1. The van der Waals surface area contributed by atoms with Crippen molar-refractivity contribution in [2.24, 2.45) is 0 Å². The molecule has 0 spiro atoms. The van der Waals surface area contributed by atoms with Crippen LogP contribution in [0.4, 0.5) is 4.79 Å². The third-order valence-corrected chi connectivity index (χ3v) is 12.5. The molecule has 4 aromatic carbocycles. The van der Waals surface area contributed by atoms with Crippen LogP contribution in [0.2, 0.25) is 10.0 Å². The van der Waals surface area contributed by atoms with E-state index in [2.05, 4.69) is 15.6 Å². The van der Waals surface area contributed by atoms with Gasteiger partial charge in [0.2, 0.25) is 5.91 Å². The molecule has 2 aliphatic heterocycles. The van der Waals surface area contributed by atoms with Gasteiger partial charge in [-0.15, -0.1) is 0 Å². The van der Waals surface area contributed by atoms with Crippen molar-refractivity contribution in [2.45, 2.75) is 89.8 Å². The summed E-state index contributed by atoms with van der Waals surface area (Å²) in [6, 6.07) is 23.0. The van der Waals surface area contributed by atoms with Gasteiger partial charge in [0.1, 0.15) is 42.5 Å². The highest BCUT2D eigenvalue weighted by Gasteiger charge is 2.41. The van der Waals surface area contributed by atoms with Crippen LogP contribution in [0.3, 0.4) is 0 Å². The number of aromatic nitrogens is 1. The van der Waals surface area contributed by atoms with E-state index in [0.717, 1.165) is 52.8 Å². The maximum atomic E-state index is 14.1. The normalized spacial score (nSPS) is 17.9. The fraction of sp³-hybridized carbons (Fsp3) is 0.319. The highest BCUT2D eigenvalue weighted by molar-refractivity contribution is 6.42. The second-order valence-electron chi connectivity index (χ2n) is 16.2. The van der Waals surface area contributed by atoms with E-state index >= 15 is 0 Å². The lowest BCUT2D eigenvalue weighted by Crippen LogP contribution is -2.61. The first-order valence-corrected chi connectivity index (χ1v) is 21.0. The molecule has 8 rings (SSSR count). The number of carboxylic acid groups (broad SMARTS) is 1. The molecule has 3 heterocycles. The Morgan fingerprint density at radius 1 is 0.918 bits per heavy atom. The maximum Gasteiger partial charge on any atom is 0.326 e. The standard InChI is InChI=1S/C47H46Cl2N4O8/c1-27-28(2)50-18-15-40(27)60-35-10-5-29(6-11-35)20-38(45(55)56)51-44(54)39-21-32-22-41-42(23-33(32)24-53(39)46(57)52-47(3)16-4-17-47)61-43(26-59-41)31-8-12-34(13-9-31)58-25-30-7-14-36(48)37(49)19-30/h5-15,18-19,22-23,38-39,43H,4,16-17,20-21,24-26H2,1-3H3,(H,51,54)(H,52,57)(H,55,56). The molecule has 1 fully saturated rings. The minimum absolute atomic E-state index is 0.0245. The lowest BCUT2D eigenvalue weighted by atomic mass is 9.78. The van der Waals surface area contributed by atoms with Gasteiger partial charge in [-0.3, -0.25) is 9.78 Å². The van der Waals surface area contributed by atoms with Gasteiger partial charge < -0.3 is 39.6 Å². The van der Waals surface area contributed by atoms with Crippen LogP contribution in [0.15, 0.2) is 91.1 Å². The van der Waals surface area contributed by atoms with Gasteiger partial charge in [-0.25, -0.2) is 9.59 Å². The molecule has 0 saturated heterocycles. The number of hydrogen-bond acceptors (Lipinski definition) is 8. The Morgan fingerprint density at radius 2 is 1.64 bits per heavy atom. The van der Waals surface area contributed by atoms with Crippen molar-refractivity contribution in [2.75, 3.05) is 6.61 Å². The topological polar surface area (TPSA) is 149 Å². The minimum atomic E-state index is -1.25. The molecular weight excluding hydrogens is 819 g/mol. The molecule has 0 radical (unpaired) electrons. The second kappa shape index (κ2) is 17.6. The molecule has 316 valence electrons. The fourth-order valence-corrected chi connectivity index (χ4v) is 8.07. The van der Waals surface area contributed by atoms with Crippen LogP contribution >= 0.6 is 23.2 Å². The smallest absolute Gasteiger partial charge is 0.326 e. The van der Waals surface area contributed by atoms with Crippen molar-refractivity contribution >= 4 is 41.1 Å². The average Bonchev–Trinajstić information content (AvgIpc) is 3.24. The van der Waals surface area contributed by atoms with E-state index in [-0.39, 0.29) is 37.6 Å². The number of aliphatic carboxylic acids is 1. The zero-order valence-corrected chi connectivity index (χ0v) is 35.5. The highest BCUT2D eigenvalue weighted by Crippen LogP contribution is 2.41. The number of halogens is 2. The van der Waals surface area contributed by atoms with Crippen LogP contribution in [0.25, 0.3) is 0 Å². The van der Waals surface area contributed by atoms with Gasteiger partial charge >= 0.3 is 12.0 Å². The third-order valence-electron chi connectivity index (χ3n) is 11.7. The fourth-order valence-electron chi connectivity index (χ4n) is 7.75. The van der Waals surface area contributed by atoms with E-state index in [1.54, 1.807) is 48.7 Å². The van der Waals surface area contributed by atoms with Crippen molar-refractivity contribution in [1.82, 2.24) is 20.5 Å². The van der Waals surface area contributed by atoms with Crippen molar-refractivity contribution in [1.29, 1.82) is 0 Å². The summed E-state index contributed by atoms with van der Waals surface area (Å²) in [5, 5.41) is 17.1. The molecule has 12 nitrogen and oxygen atoms in total. The summed E-state index contributed by atoms with van der Waals surface area (Å²) in [4.78, 5) is 46.5. The molecule has 3 atom stereocenters. The minimum Gasteiger partial charge on any atom is -0.489 e. The molecular formula is C47H46Cl2N4O8. The molecule has 14 heteroatoms. The Labute approximate surface area is 364 Å². The number of aryl methyl sites for hydroxylation is 1. The number of fused-ring (bicyclic) bond motifs is 2. The molecule has 0 bridgehead atoms. The van der Waals surface area contributed by atoms with E-state index in [1.807, 2.05) is 63.2 Å². The Morgan fingerprint density at radius 3 is 2.34 bits per heavy atom. The summed E-state index contributed by atoms with van der Waals surface area (Å²) in [6.45, 7) is 6.52. The van der Waals surface area contributed by atoms with Gasteiger partial charge in [0.25, 0.3) is 0 Å². The van der Waals surface area contributed by atoms with Gasteiger partial charge in [0.15, 0.2) is 17.6 Å². The zero-order valence-electron chi connectivity index (χ0n) is 34.0. The SMILES string of the molecule is Cc1nccc(Oc2ccc(CC(NC(=O)C3Cc4cc5c(cc4CN3C(=O)NC3(C)CCC3)OC(c3ccc(OCc4ccc(Cl)c(Cl)c4)cc3)CO5)C(=O)O)cc2)c1C. The van der Waals surface area contributed by atoms with E-state index in [0.29, 0.717) is 51.0 Å². The van der Waals surface area contributed by atoms with Crippen LogP contribution < -0.4 is 29.6 Å².